The van der Waals surface area contributed by atoms with Crippen molar-refractivity contribution < 1.29 is 9.72 Å². The third kappa shape index (κ3) is 3.85. The fourth-order valence-corrected chi connectivity index (χ4v) is 2.36. The average Bonchev–Trinajstić information content (AvgIpc) is 2.37. The Bertz CT molecular complexity index is 479. The second-order valence-electron chi connectivity index (χ2n) is 4.03. The Morgan fingerprint density at radius 1 is 1.58 bits per heavy atom. The fraction of sp³-hybridized carbons (Fsp3) is 0.417. The number of amides is 1. The molecule has 6 nitrogen and oxygen atoms in total. The van der Waals surface area contributed by atoms with Gasteiger partial charge in [-0.05, 0) is 18.7 Å². The molecular formula is C12H17N3O3S. The second-order valence-corrected chi connectivity index (χ2v) is 4.94. The van der Waals surface area contributed by atoms with E-state index in [1.54, 1.807) is 11.8 Å². The van der Waals surface area contributed by atoms with Crippen LogP contribution in [0, 0.1) is 10.1 Å². The highest BCUT2D eigenvalue weighted by Crippen LogP contribution is 2.24. The summed E-state index contributed by atoms with van der Waals surface area (Å²) in [6, 6.07) is 4.26. The molecule has 0 radical (unpaired) electrons. The molecule has 0 bridgehead atoms. The van der Waals surface area contributed by atoms with Crippen molar-refractivity contribution in [2.45, 2.75) is 19.4 Å². The molecule has 104 valence electrons. The zero-order valence-electron chi connectivity index (χ0n) is 10.9. The lowest BCUT2D eigenvalue weighted by molar-refractivity contribution is -0.383. The van der Waals surface area contributed by atoms with Gasteiger partial charge in [0.15, 0.2) is 0 Å². The number of anilines is 1. The summed E-state index contributed by atoms with van der Waals surface area (Å²) in [5.41, 5.74) is 5.48. The number of hydrogen-bond donors (Lipinski definition) is 2. The Labute approximate surface area is 115 Å². The average molecular weight is 283 g/mol. The minimum Gasteiger partial charge on any atom is -0.393 e. The Hall–Kier alpha value is -1.76. The second kappa shape index (κ2) is 6.98. The molecule has 19 heavy (non-hydrogen) atoms. The minimum atomic E-state index is -0.592. The molecule has 1 aromatic rings. The van der Waals surface area contributed by atoms with E-state index in [4.69, 9.17) is 5.73 Å². The number of nitro groups is 1. The van der Waals surface area contributed by atoms with Crippen molar-refractivity contribution in [3.05, 3.63) is 33.9 Å². The topological polar surface area (TPSA) is 98.3 Å². The number of nitrogens with one attached hydrogen (secondary N) is 1. The van der Waals surface area contributed by atoms with E-state index in [0.29, 0.717) is 0 Å². The van der Waals surface area contributed by atoms with Crippen LogP contribution >= 0.6 is 11.8 Å². The van der Waals surface area contributed by atoms with Crippen LogP contribution in [0.3, 0.4) is 0 Å². The molecule has 0 aliphatic heterocycles. The molecular weight excluding hydrogens is 266 g/mol. The number of carbonyl (C=O) groups excluding carboxylic acids is 1. The number of nitrogens with zero attached hydrogens (tertiary/aromatic N) is 1. The number of benzene rings is 1. The van der Waals surface area contributed by atoms with E-state index in [1.807, 2.05) is 13.2 Å². The maximum atomic E-state index is 12.1. The van der Waals surface area contributed by atoms with E-state index in [0.717, 1.165) is 12.2 Å². The number of rotatable bonds is 6. The molecule has 0 spiro atoms. The zero-order chi connectivity index (χ0) is 14.4. The maximum Gasteiger partial charge on any atom is 0.292 e. The van der Waals surface area contributed by atoms with Gasteiger partial charge < -0.3 is 11.1 Å². The van der Waals surface area contributed by atoms with Gasteiger partial charge in [0.25, 0.3) is 11.6 Å². The Morgan fingerprint density at radius 3 is 2.79 bits per heavy atom. The number of nitrogen functional groups attached to an aromatic ring is 1. The van der Waals surface area contributed by atoms with Crippen molar-refractivity contribution in [1.82, 2.24) is 5.32 Å². The van der Waals surface area contributed by atoms with E-state index >= 15 is 0 Å². The van der Waals surface area contributed by atoms with Gasteiger partial charge in [-0.15, -0.1) is 0 Å². The van der Waals surface area contributed by atoms with E-state index < -0.39 is 4.92 Å². The van der Waals surface area contributed by atoms with Crippen molar-refractivity contribution in [2.75, 3.05) is 17.7 Å². The van der Waals surface area contributed by atoms with Gasteiger partial charge in [0, 0.05) is 17.9 Å². The Morgan fingerprint density at radius 2 is 2.26 bits per heavy atom. The highest BCUT2D eigenvalue weighted by molar-refractivity contribution is 7.98. The minimum absolute atomic E-state index is 0.0289. The molecule has 0 saturated carbocycles. The number of nitro benzene ring substituents is 1. The van der Waals surface area contributed by atoms with Crippen LogP contribution in [0.5, 0.6) is 0 Å². The molecule has 0 aliphatic carbocycles. The fourth-order valence-electron chi connectivity index (χ4n) is 1.64. The van der Waals surface area contributed by atoms with Crippen molar-refractivity contribution in [2.24, 2.45) is 0 Å². The first-order chi connectivity index (χ1) is 9.01. The highest BCUT2D eigenvalue weighted by Gasteiger charge is 2.20. The molecule has 3 N–H and O–H groups in total. The molecule has 0 aromatic heterocycles. The normalized spacial score (nSPS) is 11.9. The Balaban J connectivity index is 2.94. The lowest BCUT2D eigenvalue weighted by Gasteiger charge is -2.16. The predicted molar refractivity (Wildman–Crippen MR) is 77.4 cm³/mol. The van der Waals surface area contributed by atoms with Gasteiger partial charge >= 0.3 is 0 Å². The molecule has 7 heteroatoms. The zero-order valence-corrected chi connectivity index (χ0v) is 11.7. The maximum absolute atomic E-state index is 12.1. The van der Waals surface area contributed by atoms with E-state index in [1.165, 1.54) is 18.2 Å². The van der Waals surface area contributed by atoms with Crippen molar-refractivity contribution in [3.63, 3.8) is 0 Å². The van der Waals surface area contributed by atoms with Crippen LogP contribution in [0.25, 0.3) is 0 Å². The summed E-state index contributed by atoms with van der Waals surface area (Å²) in [5.74, 6) is 0.416. The van der Waals surface area contributed by atoms with Gasteiger partial charge in [-0.3, -0.25) is 14.9 Å². The van der Waals surface area contributed by atoms with E-state index in [-0.39, 0.29) is 28.9 Å². The molecule has 1 atom stereocenters. The Kier molecular flexibility index (Phi) is 5.62. The van der Waals surface area contributed by atoms with Gasteiger partial charge in [0.05, 0.1) is 10.5 Å². The number of carbonyl (C=O) groups is 1. The number of thioether (sulfide) groups is 1. The predicted octanol–water partition coefficient (Wildman–Crippen LogP) is 2.05. The van der Waals surface area contributed by atoms with Gasteiger partial charge in [0.2, 0.25) is 0 Å². The first-order valence-electron chi connectivity index (χ1n) is 5.83. The van der Waals surface area contributed by atoms with E-state index in [9.17, 15) is 14.9 Å². The number of para-hydroxylation sites is 1. The molecule has 1 unspecified atom stereocenters. The van der Waals surface area contributed by atoms with Crippen LogP contribution < -0.4 is 11.1 Å². The quantitative estimate of drug-likeness (QED) is 0.473. The third-order valence-electron chi connectivity index (χ3n) is 2.72. The van der Waals surface area contributed by atoms with Crippen LogP contribution in [0.4, 0.5) is 11.4 Å². The lowest BCUT2D eigenvalue weighted by Crippen LogP contribution is -2.36. The van der Waals surface area contributed by atoms with Crippen molar-refractivity contribution >= 4 is 29.0 Å². The molecule has 1 rings (SSSR count). The molecule has 0 heterocycles. The van der Waals surface area contributed by atoms with Crippen LogP contribution in [-0.2, 0) is 0 Å². The first-order valence-corrected chi connectivity index (χ1v) is 7.23. The number of hydrogen-bond acceptors (Lipinski definition) is 5. The summed E-state index contributed by atoms with van der Waals surface area (Å²) < 4.78 is 0. The summed E-state index contributed by atoms with van der Waals surface area (Å²) in [7, 11) is 0. The summed E-state index contributed by atoms with van der Waals surface area (Å²) in [4.78, 5) is 22.2. The molecule has 1 amide bonds. The van der Waals surface area contributed by atoms with Crippen LogP contribution in [0.1, 0.15) is 23.7 Å². The van der Waals surface area contributed by atoms with Crippen molar-refractivity contribution in [3.8, 4) is 0 Å². The van der Waals surface area contributed by atoms with Crippen LogP contribution in [0.15, 0.2) is 18.2 Å². The van der Waals surface area contributed by atoms with Crippen LogP contribution in [-0.4, -0.2) is 28.9 Å². The highest BCUT2D eigenvalue weighted by atomic mass is 32.2. The molecule has 0 aliphatic rings. The largest absolute Gasteiger partial charge is 0.393 e. The molecule has 0 saturated heterocycles. The first kappa shape index (κ1) is 15.3. The van der Waals surface area contributed by atoms with Crippen LogP contribution in [0.2, 0.25) is 0 Å². The van der Waals surface area contributed by atoms with Gasteiger partial charge in [-0.25, -0.2) is 0 Å². The van der Waals surface area contributed by atoms with Gasteiger partial charge in [0.1, 0.15) is 5.69 Å². The summed E-state index contributed by atoms with van der Waals surface area (Å²) in [6.07, 6.45) is 2.75. The lowest BCUT2D eigenvalue weighted by atomic mass is 10.1. The standard InChI is InChI=1S/C12H17N3O3S/c1-3-8(7-19-2)14-12(16)9-5-4-6-10(11(9)13)15(17)18/h4-6,8H,3,7,13H2,1-2H3,(H,14,16). The molecule has 1 aromatic carbocycles. The van der Waals surface area contributed by atoms with Gasteiger partial charge in [-0.2, -0.15) is 11.8 Å². The summed E-state index contributed by atoms with van der Waals surface area (Å²) in [6.45, 7) is 1.97. The van der Waals surface area contributed by atoms with Gasteiger partial charge in [-0.1, -0.05) is 13.0 Å². The SMILES string of the molecule is CCC(CSC)NC(=O)c1cccc([N+](=O)[O-])c1N. The monoisotopic (exact) mass is 283 g/mol. The summed E-state index contributed by atoms with van der Waals surface area (Å²) >= 11 is 1.63. The van der Waals surface area contributed by atoms with Crippen molar-refractivity contribution in [1.29, 1.82) is 0 Å². The number of nitrogens with two attached hydrogens (primary N) is 1. The smallest absolute Gasteiger partial charge is 0.292 e. The molecule has 0 fully saturated rings. The van der Waals surface area contributed by atoms with E-state index in [2.05, 4.69) is 5.32 Å². The third-order valence-corrected chi connectivity index (χ3v) is 3.46. The summed E-state index contributed by atoms with van der Waals surface area (Å²) in [5, 5.41) is 13.6.